The fourth-order valence-corrected chi connectivity index (χ4v) is 4.05. The zero-order valence-corrected chi connectivity index (χ0v) is 14.3. The van der Waals surface area contributed by atoms with Gasteiger partial charge in [-0.2, -0.15) is 0 Å². The number of ether oxygens (including phenoxy) is 3. The van der Waals surface area contributed by atoms with E-state index in [-0.39, 0.29) is 18.0 Å². The van der Waals surface area contributed by atoms with Gasteiger partial charge in [-0.15, -0.1) is 0 Å². The van der Waals surface area contributed by atoms with Gasteiger partial charge in [-0.1, -0.05) is 19.1 Å². The molecule has 25 heavy (non-hydrogen) atoms. The molecule has 2 bridgehead atoms. The molecular weight excluding hydrogens is 322 g/mol. The number of rotatable bonds is 5. The Bertz CT molecular complexity index is 728. The van der Waals surface area contributed by atoms with Gasteiger partial charge in [0.2, 0.25) is 5.91 Å². The number of nitrogens with zero attached hydrogens (tertiary/aromatic N) is 1. The summed E-state index contributed by atoms with van der Waals surface area (Å²) in [6, 6.07) is 7.31. The number of methoxy groups -OCH3 is 1. The summed E-state index contributed by atoms with van der Waals surface area (Å²) in [7, 11) is 1.60. The van der Waals surface area contributed by atoms with Gasteiger partial charge in [-0.3, -0.25) is 9.59 Å². The van der Waals surface area contributed by atoms with Crippen molar-refractivity contribution in [2.45, 2.75) is 25.0 Å². The van der Waals surface area contributed by atoms with E-state index < -0.39 is 17.4 Å². The lowest BCUT2D eigenvalue weighted by Crippen LogP contribution is -2.40. The minimum atomic E-state index is -0.725. The van der Waals surface area contributed by atoms with Crippen LogP contribution in [0.2, 0.25) is 0 Å². The summed E-state index contributed by atoms with van der Waals surface area (Å²) in [6.07, 6.45) is 4.21. The van der Waals surface area contributed by atoms with Crippen LogP contribution in [0.4, 0.5) is 5.69 Å². The summed E-state index contributed by atoms with van der Waals surface area (Å²) in [5.74, 6) is -0.781. The fourth-order valence-electron chi connectivity index (χ4n) is 4.05. The molecule has 1 aromatic carbocycles. The summed E-state index contributed by atoms with van der Waals surface area (Å²) in [6.45, 7) is 2.72. The molecule has 3 aliphatic heterocycles. The normalized spacial score (nSPS) is 32.2. The van der Waals surface area contributed by atoms with Gasteiger partial charge >= 0.3 is 5.97 Å². The van der Waals surface area contributed by atoms with Gasteiger partial charge in [-0.05, 0) is 30.7 Å². The second-order valence-corrected chi connectivity index (χ2v) is 6.69. The molecule has 2 saturated heterocycles. The molecular formula is C19H21NO5. The maximum absolute atomic E-state index is 13.1. The molecule has 4 rings (SSSR count). The third-order valence-corrected chi connectivity index (χ3v) is 5.21. The lowest BCUT2D eigenvalue weighted by atomic mass is 9.77. The molecule has 6 nitrogen and oxygen atoms in total. The van der Waals surface area contributed by atoms with Crippen molar-refractivity contribution >= 4 is 17.6 Å². The lowest BCUT2D eigenvalue weighted by molar-refractivity contribution is -0.152. The highest BCUT2D eigenvalue weighted by atomic mass is 16.6. The maximum atomic E-state index is 13.1. The van der Waals surface area contributed by atoms with E-state index in [9.17, 15) is 9.59 Å². The third-order valence-electron chi connectivity index (χ3n) is 5.21. The lowest BCUT2D eigenvalue weighted by Gasteiger charge is -2.22. The second kappa shape index (κ2) is 5.88. The number of hydrogen-bond acceptors (Lipinski definition) is 5. The molecule has 1 spiro atoms. The van der Waals surface area contributed by atoms with Crippen molar-refractivity contribution in [3.8, 4) is 5.75 Å². The van der Waals surface area contributed by atoms with E-state index in [1.807, 2.05) is 43.3 Å². The number of amides is 1. The van der Waals surface area contributed by atoms with Gasteiger partial charge in [0, 0.05) is 5.69 Å². The van der Waals surface area contributed by atoms with E-state index in [0.717, 1.165) is 17.9 Å². The molecule has 3 aliphatic rings. The summed E-state index contributed by atoms with van der Waals surface area (Å²) in [4.78, 5) is 27.3. The Morgan fingerprint density at radius 3 is 2.80 bits per heavy atom. The molecule has 0 radical (unpaired) electrons. The number of benzene rings is 1. The van der Waals surface area contributed by atoms with Crippen LogP contribution in [0.15, 0.2) is 36.4 Å². The first-order chi connectivity index (χ1) is 12.1. The van der Waals surface area contributed by atoms with Crippen LogP contribution < -0.4 is 9.64 Å². The number of anilines is 1. The van der Waals surface area contributed by atoms with Crippen LogP contribution in [0.1, 0.15) is 13.3 Å². The number of esters is 1. The molecule has 0 aliphatic carbocycles. The van der Waals surface area contributed by atoms with Crippen molar-refractivity contribution in [1.29, 1.82) is 0 Å². The van der Waals surface area contributed by atoms with Gasteiger partial charge in [-0.25, -0.2) is 0 Å². The van der Waals surface area contributed by atoms with Crippen molar-refractivity contribution in [1.82, 2.24) is 0 Å². The fraction of sp³-hybridized carbons (Fsp3) is 0.474. The zero-order chi connectivity index (χ0) is 17.6. The highest BCUT2D eigenvalue weighted by Gasteiger charge is 2.67. The Balaban J connectivity index is 1.61. The predicted octanol–water partition coefficient (Wildman–Crippen LogP) is 1.93. The van der Waals surface area contributed by atoms with Crippen LogP contribution in [0.3, 0.4) is 0 Å². The average Bonchev–Trinajstić information content (AvgIpc) is 3.28. The Labute approximate surface area is 146 Å². The molecule has 1 amide bonds. The minimum Gasteiger partial charge on any atom is -0.497 e. The molecule has 2 fully saturated rings. The number of carbonyl (C=O) groups is 2. The standard InChI is InChI=1S/C19H21NO5/c1-3-10-24-18(22)15-14-8-9-19(25-14)11-20(17(21)16(15)19)12-4-6-13(23-2)7-5-12/h4-9,14-16H,3,10-11H2,1-2H3/t14-,15-,16+,19+/m0/s1. The van der Waals surface area contributed by atoms with Crippen LogP contribution in [0, 0.1) is 11.8 Å². The Kier molecular flexibility index (Phi) is 3.80. The quantitative estimate of drug-likeness (QED) is 0.604. The summed E-state index contributed by atoms with van der Waals surface area (Å²) in [5, 5.41) is 0. The Hall–Kier alpha value is -2.34. The number of carbonyl (C=O) groups excluding carboxylic acids is 2. The van der Waals surface area contributed by atoms with Crippen LogP contribution in [-0.2, 0) is 19.1 Å². The largest absolute Gasteiger partial charge is 0.497 e. The van der Waals surface area contributed by atoms with E-state index >= 15 is 0 Å². The summed E-state index contributed by atoms with van der Waals surface area (Å²) < 4.78 is 16.5. The van der Waals surface area contributed by atoms with E-state index in [1.54, 1.807) is 12.0 Å². The highest BCUT2D eigenvalue weighted by Crippen LogP contribution is 2.52. The molecule has 4 atom stereocenters. The van der Waals surface area contributed by atoms with Gasteiger partial charge < -0.3 is 19.1 Å². The number of fused-ring (bicyclic) bond motifs is 1. The van der Waals surface area contributed by atoms with E-state index in [4.69, 9.17) is 14.2 Å². The average molecular weight is 343 g/mol. The summed E-state index contributed by atoms with van der Waals surface area (Å²) in [5.41, 5.74) is 0.0492. The third kappa shape index (κ3) is 2.35. The first-order valence-electron chi connectivity index (χ1n) is 8.59. The van der Waals surface area contributed by atoms with Gasteiger partial charge in [0.05, 0.1) is 32.3 Å². The van der Waals surface area contributed by atoms with Crippen molar-refractivity contribution in [3.63, 3.8) is 0 Å². The second-order valence-electron chi connectivity index (χ2n) is 6.69. The van der Waals surface area contributed by atoms with E-state index in [2.05, 4.69) is 0 Å². The first-order valence-corrected chi connectivity index (χ1v) is 8.59. The number of hydrogen-bond donors (Lipinski definition) is 0. The van der Waals surface area contributed by atoms with E-state index in [0.29, 0.717) is 13.2 Å². The van der Waals surface area contributed by atoms with Crippen molar-refractivity contribution in [2.24, 2.45) is 11.8 Å². The van der Waals surface area contributed by atoms with Gasteiger partial charge in [0.25, 0.3) is 0 Å². The molecule has 132 valence electrons. The topological polar surface area (TPSA) is 65.1 Å². The minimum absolute atomic E-state index is 0.0875. The molecule has 0 aromatic heterocycles. The molecule has 0 N–H and O–H groups in total. The SMILES string of the molecule is CCCOC(=O)[C@H]1[C@@H]2C=C[C@]3(CN(c4ccc(OC)cc4)C(=O)[C@@H]13)O2. The van der Waals surface area contributed by atoms with Crippen LogP contribution >= 0.6 is 0 Å². The molecule has 1 aromatic rings. The highest BCUT2D eigenvalue weighted by molar-refractivity contribution is 6.02. The van der Waals surface area contributed by atoms with E-state index in [1.165, 1.54) is 0 Å². The molecule has 0 unspecified atom stereocenters. The van der Waals surface area contributed by atoms with Crippen LogP contribution in [0.25, 0.3) is 0 Å². The van der Waals surface area contributed by atoms with Crippen LogP contribution in [0.5, 0.6) is 5.75 Å². The smallest absolute Gasteiger partial charge is 0.312 e. The molecule has 3 heterocycles. The zero-order valence-electron chi connectivity index (χ0n) is 14.3. The van der Waals surface area contributed by atoms with Crippen molar-refractivity contribution < 1.29 is 23.8 Å². The first kappa shape index (κ1) is 16.1. The van der Waals surface area contributed by atoms with Crippen molar-refractivity contribution in [2.75, 3.05) is 25.2 Å². The van der Waals surface area contributed by atoms with Gasteiger partial charge in [0.1, 0.15) is 17.3 Å². The Morgan fingerprint density at radius 2 is 2.12 bits per heavy atom. The predicted molar refractivity (Wildman–Crippen MR) is 90.3 cm³/mol. The molecule has 0 saturated carbocycles. The summed E-state index contributed by atoms with van der Waals surface area (Å²) >= 11 is 0. The van der Waals surface area contributed by atoms with Crippen LogP contribution in [-0.4, -0.2) is 43.8 Å². The monoisotopic (exact) mass is 343 g/mol. The molecule has 6 heteroatoms. The van der Waals surface area contributed by atoms with Gasteiger partial charge in [0.15, 0.2) is 0 Å². The maximum Gasteiger partial charge on any atom is 0.312 e. The van der Waals surface area contributed by atoms with Crippen molar-refractivity contribution in [3.05, 3.63) is 36.4 Å². The Morgan fingerprint density at radius 1 is 1.36 bits per heavy atom.